The van der Waals surface area contributed by atoms with Gasteiger partial charge in [-0.25, -0.2) is 17.8 Å². The highest BCUT2D eigenvalue weighted by Gasteiger charge is 2.52. The van der Waals surface area contributed by atoms with Gasteiger partial charge in [0.2, 0.25) is 15.9 Å². The molecule has 0 spiro atoms. The lowest BCUT2D eigenvalue weighted by molar-refractivity contribution is -0.137. The fourth-order valence-electron chi connectivity index (χ4n) is 4.21. The largest absolute Gasteiger partial charge is 0.438 e. The second-order valence-electron chi connectivity index (χ2n) is 8.91. The number of rotatable bonds is 8. The first-order valence-electron chi connectivity index (χ1n) is 11.2. The molecular formula is C23H22ClF6N3O3S. The summed E-state index contributed by atoms with van der Waals surface area (Å²) in [6.45, 7) is 2.08. The summed E-state index contributed by atoms with van der Waals surface area (Å²) in [5.41, 5.74) is -1.05. The van der Waals surface area contributed by atoms with Crippen molar-refractivity contribution in [2.75, 3.05) is 5.75 Å². The summed E-state index contributed by atoms with van der Waals surface area (Å²) in [6.07, 6.45) is -3.00. The quantitative estimate of drug-likeness (QED) is 0.377. The monoisotopic (exact) mass is 569 g/mol. The first-order chi connectivity index (χ1) is 17.1. The zero-order valence-electron chi connectivity index (χ0n) is 19.3. The van der Waals surface area contributed by atoms with E-state index in [0.717, 1.165) is 24.3 Å². The van der Waals surface area contributed by atoms with Gasteiger partial charge >= 0.3 is 12.4 Å². The molecule has 2 aliphatic carbocycles. The molecule has 1 heterocycles. The molecule has 0 aliphatic heterocycles. The third kappa shape index (κ3) is 6.32. The molecule has 0 saturated heterocycles. The van der Waals surface area contributed by atoms with Crippen LogP contribution >= 0.6 is 11.6 Å². The first kappa shape index (κ1) is 27.5. The van der Waals surface area contributed by atoms with Gasteiger partial charge in [0.1, 0.15) is 16.5 Å². The van der Waals surface area contributed by atoms with Gasteiger partial charge in [-0.05, 0) is 56.0 Å². The van der Waals surface area contributed by atoms with Crippen LogP contribution in [0.4, 0.5) is 26.3 Å². The molecule has 0 bridgehead atoms. The number of hydrogen-bond donors (Lipinski definition) is 1. The molecule has 1 unspecified atom stereocenters. The van der Waals surface area contributed by atoms with Crippen LogP contribution in [0.2, 0.25) is 5.02 Å². The van der Waals surface area contributed by atoms with E-state index >= 15 is 0 Å². The highest BCUT2D eigenvalue weighted by atomic mass is 35.5. The molecule has 1 N–H and O–H groups in total. The standard InChI is InChI=1S/C23H22ClF6N3O3S/c1-2-33-20(36-17-8-6-15(7-9-17)23(28,29)30)18(24)19(31-33)14-4-3-5-16(12-14)21(10-11-21)32-37(34,35)13-22(25,26)27/h3-4,6-9,12,16,32H,2,5,10-11,13H2,1H3. The van der Waals surface area contributed by atoms with E-state index < -0.39 is 45.1 Å². The lowest BCUT2D eigenvalue weighted by Gasteiger charge is -2.27. The number of alkyl halides is 6. The lowest BCUT2D eigenvalue weighted by atomic mass is 9.87. The zero-order valence-corrected chi connectivity index (χ0v) is 20.9. The van der Waals surface area contributed by atoms with E-state index in [9.17, 15) is 34.8 Å². The van der Waals surface area contributed by atoms with Crippen molar-refractivity contribution in [3.05, 3.63) is 58.8 Å². The van der Waals surface area contributed by atoms with Crippen molar-refractivity contribution in [2.45, 2.75) is 50.6 Å². The van der Waals surface area contributed by atoms with Crippen molar-refractivity contribution in [3.8, 4) is 11.6 Å². The van der Waals surface area contributed by atoms with E-state index in [-0.39, 0.29) is 16.7 Å². The second kappa shape index (κ2) is 9.66. The Balaban J connectivity index is 1.58. The molecule has 2 aromatic rings. The molecule has 0 radical (unpaired) electrons. The average Bonchev–Trinajstić information content (AvgIpc) is 3.49. The maximum atomic E-state index is 12.8. The summed E-state index contributed by atoms with van der Waals surface area (Å²) in [5, 5.41) is 4.52. The molecule has 4 rings (SSSR count). The van der Waals surface area contributed by atoms with Crippen molar-refractivity contribution in [3.63, 3.8) is 0 Å². The number of hydrogen-bond acceptors (Lipinski definition) is 4. The van der Waals surface area contributed by atoms with E-state index in [2.05, 4.69) is 9.82 Å². The topological polar surface area (TPSA) is 73.2 Å². The number of sulfonamides is 1. The Labute approximate surface area is 214 Å². The zero-order chi connectivity index (χ0) is 27.2. The third-order valence-electron chi connectivity index (χ3n) is 6.10. The second-order valence-corrected chi connectivity index (χ2v) is 11.0. The van der Waals surface area contributed by atoms with Crippen LogP contribution in [0.5, 0.6) is 11.6 Å². The fourth-order valence-corrected chi connectivity index (χ4v) is 5.97. The van der Waals surface area contributed by atoms with Crippen molar-refractivity contribution in [1.82, 2.24) is 14.5 Å². The van der Waals surface area contributed by atoms with Crippen molar-refractivity contribution < 1.29 is 39.5 Å². The molecular weight excluding hydrogens is 548 g/mol. The minimum atomic E-state index is -4.86. The molecule has 0 amide bonds. The van der Waals surface area contributed by atoms with Crippen LogP contribution in [0.25, 0.3) is 5.57 Å². The molecule has 1 saturated carbocycles. The van der Waals surface area contributed by atoms with Gasteiger partial charge in [0, 0.05) is 18.0 Å². The van der Waals surface area contributed by atoms with Gasteiger partial charge in [-0.1, -0.05) is 29.8 Å². The van der Waals surface area contributed by atoms with Crippen molar-refractivity contribution in [1.29, 1.82) is 0 Å². The highest BCUT2D eigenvalue weighted by Crippen LogP contribution is 2.48. The van der Waals surface area contributed by atoms with E-state index in [0.29, 0.717) is 37.1 Å². The molecule has 1 fully saturated rings. The number of nitrogens with one attached hydrogen (secondary N) is 1. The van der Waals surface area contributed by atoms with Crippen LogP contribution in [-0.2, 0) is 22.7 Å². The summed E-state index contributed by atoms with van der Waals surface area (Å²) in [7, 11) is -4.59. The minimum Gasteiger partial charge on any atom is -0.438 e. The number of benzene rings is 1. The maximum Gasteiger partial charge on any atom is 0.416 e. The highest BCUT2D eigenvalue weighted by molar-refractivity contribution is 7.89. The van der Waals surface area contributed by atoms with Gasteiger partial charge in [-0.15, -0.1) is 0 Å². The summed E-state index contributed by atoms with van der Waals surface area (Å²) in [6, 6.07) is 4.07. The van der Waals surface area contributed by atoms with Crippen molar-refractivity contribution in [2.24, 2.45) is 5.92 Å². The van der Waals surface area contributed by atoms with Crippen LogP contribution in [0.15, 0.2) is 42.5 Å². The molecule has 202 valence electrons. The van der Waals surface area contributed by atoms with Crippen LogP contribution in [-0.4, -0.2) is 35.7 Å². The Morgan fingerprint density at radius 3 is 2.35 bits per heavy atom. The molecule has 37 heavy (non-hydrogen) atoms. The van der Waals surface area contributed by atoms with Crippen LogP contribution in [0.1, 0.15) is 37.4 Å². The predicted octanol–water partition coefficient (Wildman–Crippen LogP) is 6.34. The SMILES string of the molecule is CCn1nc(C2=CC(C3(NS(=O)(=O)CC(F)(F)F)CC3)CC=C2)c(Cl)c1Oc1ccc(C(F)(F)F)cc1. The van der Waals surface area contributed by atoms with E-state index in [4.69, 9.17) is 16.3 Å². The van der Waals surface area contributed by atoms with E-state index in [1.165, 1.54) is 4.68 Å². The molecule has 14 heteroatoms. The number of allylic oxidation sites excluding steroid dienone is 3. The fraction of sp³-hybridized carbons (Fsp3) is 0.435. The first-order valence-corrected chi connectivity index (χ1v) is 13.2. The third-order valence-corrected chi connectivity index (χ3v) is 7.86. The Hall–Kier alpha value is -2.51. The van der Waals surface area contributed by atoms with Crippen LogP contribution in [0, 0.1) is 5.92 Å². The van der Waals surface area contributed by atoms with Gasteiger partial charge in [0.15, 0.2) is 5.75 Å². The minimum absolute atomic E-state index is 0.0841. The number of aromatic nitrogens is 2. The summed E-state index contributed by atoms with van der Waals surface area (Å²) in [5.74, 6) is -2.18. The maximum absolute atomic E-state index is 12.8. The van der Waals surface area contributed by atoms with Gasteiger partial charge in [-0.2, -0.15) is 31.4 Å². The smallest absolute Gasteiger partial charge is 0.416 e. The molecule has 2 aliphatic rings. The average molecular weight is 570 g/mol. The molecule has 6 nitrogen and oxygen atoms in total. The van der Waals surface area contributed by atoms with Gasteiger partial charge < -0.3 is 4.74 Å². The Kier molecular flexibility index (Phi) is 7.19. The van der Waals surface area contributed by atoms with Gasteiger partial charge in [0.05, 0.1) is 5.56 Å². The van der Waals surface area contributed by atoms with E-state index in [1.807, 2.05) is 0 Å². The van der Waals surface area contributed by atoms with Gasteiger partial charge in [-0.3, -0.25) is 0 Å². The van der Waals surface area contributed by atoms with Gasteiger partial charge in [0.25, 0.3) is 0 Å². The van der Waals surface area contributed by atoms with Crippen molar-refractivity contribution >= 4 is 27.2 Å². The normalized spacial score (nSPS) is 19.6. The number of aryl methyl sites for hydroxylation is 1. The predicted molar refractivity (Wildman–Crippen MR) is 125 cm³/mol. The molecule has 1 atom stereocenters. The summed E-state index contributed by atoms with van der Waals surface area (Å²) in [4.78, 5) is 0. The number of nitrogens with zero attached hydrogens (tertiary/aromatic N) is 2. The number of halogens is 7. The Bertz CT molecular complexity index is 1330. The molecule has 1 aromatic heterocycles. The number of ether oxygens (including phenoxy) is 1. The summed E-state index contributed by atoms with van der Waals surface area (Å²) >= 11 is 6.55. The van der Waals surface area contributed by atoms with Crippen LogP contribution < -0.4 is 9.46 Å². The summed E-state index contributed by atoms with van der Waals surface area (Å²) < 4.78 is 110. The molecule has 1 aromatic carbocycles. The van der Waals surface area contributed by atoms with Crippen LogP contribution in [0.3, 0.4) is 0 Å². The Morgan fingerprint density at radius 2 is 1.81 bits per heavy atom. The Morgan fingerprint density at radius 1 is 1.16 bits per heavy atom. The lowest BCUT2D eigenvalue weighted by Crippen LogP contribution is -2.45. The van der Waals surface area contributed by atoms with E-state index in [1.54, 1.807) is 25.2 Å².